The molecular weight excluding hydrogens is 208 g/mol. The van der Waals surface area contributed by atoms with Crippen molar-refractivity contribution in [2.45, 2.75) is 34.1 Å². The molecule has 0 aliphatic heterocycles. The van der Waals surface area contributed by atoms with Crippen LogP contribution in [-0.4, -0.2) is 5.78 Å². The predicted octanol–water partition coefficient (Wildman–Crippen LogP) is 4.34. The molecule has 1 heteroatoms. The molecule has 1 aromatic rings. The zero-order chi connectivity index (χ0) is 12.9. The number of hydrogen-bond acceptors (Lipinski definition) is 1. The topological polar surface area (TPSA) is 17.1 Å². The Hall–Kier alpha value is -1.37. The largest absolute Gasteiger partial charge is 0.299 e. The van der Waals surface area contributed by atoms with Gasteiger partial charge in [0.2, 0.25) is 0 Å². The molecule has 17 heavy (non-hydrogen) atoms. The van der Waals surface area contributed by atoms with E-state index in [0.717, 1.165) is 0 Å². The summed E-state index contributed by atoms with van der Waals surface area (Å²) in [6.07, 6.45) is 4.85. The molecule has 0 amide bonds. The standard InChI is InChI=1S/C16H22O/c1-5-15(17)13(2)16(3,4)12-11-14-9-7-6-8-10-14/h6-13H,5H2,1-4H3/b12-11+. The minimum Gasteiger partial charge on any atom is -0.299 e. The molecule has 0 aliphatic carbocycles. The number of hydrogen-bond donors (Lipinski definition) is 0. The number of Topliss-reactive ketones (excluding diaryl/α,β-unsaturated/α-hetero) is 1. The third-order valence-electron chi connectivity index (χ3n) is 3.45. The lowest BCUT2D eigenvalue weighted by atomic mass is 9.76. The lowest BCUT2D eigenvalue weighted by Crippen LogP contribution is -2.26. The summed E-state index contributed by atoms with van der Waals surface area (Å²) in [6, 6.07) is 10.2. The first-order valence-corrected chi connectivity index (χ1v) is 6.24. The Labute approximate surface area is 105 Å². The number of carbonyl (C=O) groups excluding carboxylic acids is 1. The first-order chi connectivity index (χ1) is 7.97. The molecule has 0 saturated heterocycles. The molecule has 0 radical (unpaired) electrons. The zero-order valence-electron chi connectivity index (χ0n) is 11.2. The van der Waals surface area contributed by atoms with Gasteiger partial charge in [0.15, 0.2) is 0 Å². The highest BCUT2D eigenvalue weighted by Crippen LogP contribution is 2.30. The average Bonchev–Trinajstić information content (AvgIpc) is 2.36. The van der Waals surface area contributed by atoms with E-state index in [0.29, 0.717) is 12.2 Å². The van der Waals surface area contributed by atoms with Crippen LogP contribution in [0.25, 0.3) is 6.08 Å². The Balaban J connectivity index is 2.79. The lowest BCUT2D eigenvalue weighted by Gasteiger charge is -2.27. The van der Waals surface area contributed by atoms with Gasteiger partial charge in [0.1, 0.15) is 5.78 Å². The van der Waals surface area contributed by atoms with Crippen LogP contribution in [0.2, 0.25) is 0 Å². The van der Waals surface area contributed by atoms with Crippen LogP contribution in [-0.2, 0) is 4.79 Å². The van der Waals surface area contributed by atoms with Crippen molar-refractivity contribution >= 4 is 11.9 Å². The quantitative estimate of drug-likeness (QED) is 0.735. The Bertz CT molecular complexity index is 387. The van der Waals surface area contributed by atoms with E-state index in [2.05, 4.69) is 38.1 Å². The Kier molecular flexibility index (Phi) is 4.68. The first kappa shape index (κ1) is 13.7. The maximum atomic E-state index is 11.7. The van der Waals surface area contributed by atoms with Crippen molar-refractivity contribution < 1.29 is 4.79 Å². The van der Waals surface area contributed by atoms with Gasteiger partial charge in [-0.3, -0.25) is 4.79 Å². The highest BCUT2D eigenvalue weighted by atomic mass is 16.1. The summed E-state index contributed by atoms with van der Waals surface area (Å²) in [5, 5.41) is 0. The molecule has 1 aromatic carbocycles. The fourth-order valence-corrected chi connectivity index (χ4v) is 1.74. The molecule has 0 bridgehead atoms. The van der Waals surface area contributed by atoms with E-state index >= 15 is 0 Å². The van der Waals surface area contributed by atoms with Gasteiger partial charge in [-0.25, -0.2) is 0 Å². The van der Waals surface area contributed by atoms with Gasteiger partial charge in [-0.2, -0.15) is 0 Å². The van der Waals surface area contributed by atoms with Crippen LogP contribution in [0.4, 0.5) is 0 Å². The SMILES string of the molecule is CCC(=O)C(C)C(C)(C)/C=C/c1ccccc1. The van der Waals surface area contributed by atoms with E-state index < -0.39 is 0 Å². The third kappa shape index (κ3) is 3.85. The van der Waals surface area contributed by atoms with Crippen molar-refractivity contribution in [2.24, 2.45) is 11.3 Å². The van der Waals surface area contributed by atoms with Gasteiger partial charge in [0, 0.05) is 12.3 Å². The van der Waals surface area contributed by atoms with E-state index in [1.807, 2.05) is 32.0 Å². The van der Waals surface area contributed by atoms with Crippen LogP contribution in [0, 0.1) is 11.3 Å². The second-order valence-electron chi connectivity index (χ2n) is 5.11. The first-order valence-electron chi connectivity index (χ1n) is 6.24. The van der Waals surface area contributed by atoms with Gasteiger partial charge >= 0.3 is 0 Å². The van der Waals surface area contributed by atoms with Gasteiger partial charge in [0.25, 0.3) is 0 Å². The molecule has 1 atom stereocenters. The molecule has 1 unspecified atom stereocenters. The Morgan fingerprint density at radius 3 is 2.41 bits per heavy atom. The smallest absolute Gasteiger partial charge is 0.136 e. The summed E-state index contributed by atoms with van der Waals surface area (Å²) in [6.45, 7) is 8.17. The average molecular weight is 230 g/mol. The minimum absolute atomic E-state index is 0.0625. The van der Waals surface area contributed by atoms with Gasteiger partial charge < -0.3 is 0 Å². The molecular formula is C16H22O. The van der Waals surface area contributed by atoms with Crippen molar-refractivity contribution in [2.75, 3.05) is 0 Å². The monoisotopic (exact) mass is 230 g/mol. The highest BCUT2D eigenvalue weighted by molar-refractivity contribution is 5.81. The zero-order valence-corrected chi connectivity index (χ0v) is 11.2. The fourth-order valence-electron chi connectivity index (χ4n) is 1.74. The number of rotatable bonds is 5. The summed E-state index contributed by atoms with van der Waals surface area (Å²) >= 11 is 0. The molecule has 0 spiro atoms. The summed E-state index contributed by atoms with van der Waals surface area (Å²) in [5.41, 5.74) is 1.08. The normalized spacial score (nSPS) is 13.9. The van der Waals surface area contributed by atoms with Gasteiger partial charge in [0.05, 0.1) is 0 Å². The van der Waals surface area contributed by atoms with Crippen LogP contribution in [0.3, 0.4) is 0 Å². The summed E-state index contributed by atoms with van der Waals surface area (Å²) in [4.78, 5) is 11.7. The molecule has 1 nitrogen and oxygen atoms in total. The summed E-state index contributed by atoms with van der Waals surface area (Å²) in [5.74, 6) is 0.389. The van der Waals surface area contributed by atoms with Crippen molar-refractivity contribution in [1.29, 1.82) is 0 Å². The summed E-state index contributed by atoms with van der Waals surface area (Å²) in [7, 11) is 0. The number of carbonyl (C=O) groups is 1. The molecule has 1 rings (SSSR count). The van der Waals surface area contributed by atoms with Crippen molar-refractivity contribution in [3.05, 3.63) is 42.0 Å². The molecule has 0 aromatic heterocycles. The maximum Gasteiger partial charge on any atom is 0.136 e. The van der Waals surface area contributed by atoms with Gasteiger partial charge in [-0.15, -0.1) is 0 Å². The Morgan fingerprint density at radius 2 is 1.88 bits per heavy atom. The summed E-state index contributed by atoms with van der Waals surface area (Å²) < 4.78 is 0. The molecule has 92 valence electrons. The number of allylic oxidation sites excluding steroid dienone is 1. The van der Waals surface area contributed by atoms with E-state index in [4.69, 9.17) is 0 Å². The van der Waals surface area contributed by atoms with Crippen molar-refractivity contribution in [1.82, 2.24) is 0 Å². The van der Waals surface area contributed by atoms with Crippen LogP contribution in [0.5, 0.6) is 0 Å². The molecule has 0 fully saturated rings. The highest BCUT2D eigenvalue weighted by Gasteiger charge is 2.27. The fraction of sp³-hybridized carbons (Fsp3) is 0.438. The maximum absolute atomic E-state index is 11.7. The van der Waals surface area contributed by atoms with Crippen LogP contribution >= 0.6 is 0 Å². The molecule has 0 aliphatic rings. The van der Waals surface area contributed by atoms with Crippen LogP contribution < -0.4 is 0 Å². The lowest BCUT2D eigenvalue weighted by molar-refractivity contribution is -0.124. The van der Waals surface area contributed by atoms with Crippen molar-refractivity contribution in [3.8, 4) is 0 Å². The van der Waals surface area contributed by atoms with E-state index in [-0.39, 0.29) is 11.3 Å². The molecule has 0 saturated carbocycles. The second-order valence-corrected chi connectivity index (χ2v) is 5.11. The predicted molar refractivity (Wildman–Crippen MR) is 73.7 cm³/mol. The van der Waals surface area contributed by atoms with Gasteiger partial charge in [-0.05, 0) is 11.0 Å². The van der Waals surface area contributed by atoms with Gasteiger partial charge in [-0.1, -0.05) is 70.2 Å². The van der Waals surface area contributed by atoms with Crippen LogP contribution in [0.15, 0.2) is 36.4 Å². The molecule has 0 N–H and O–H groups in total. The van der Waals surface area contributed by atoms with E-state index in [1.165, 1.54) is 5.56 Å². The second kappa shape index (κ2) is 5.81. The number of ketones is 1. The third-order valence-corrected chi connectivity index (χ3v) is 3.45. The van der Waals surface area contributed by atoms with Crippen LogP contribution in [0.1, 0.15) is 39.7 Å². The minimum atomic E-state index is -0.0943. The molecule has 0 heterocycles. The number of benzene rings is 1. The van der Waals surface area contributed by atoms with E-state index in [1.54, 1.807) is 0 Å². The van der Waals surface area contributed by atoms with Crippen molar-refractivity contribution in [3.63, 3.8) is 0 Å². The van der Waals surface area contributed by atoms with E-state index in [9.17, 15) is 4.79 Å². The Morgan fingerprint density at radius 1 is 1.29 bits per heavy atom.